The van der Waals surface area contributed by atoms with Crippen molar-refractivity contribution in [3.05, 3.63) is 0 Å². The average molecular weight is 269 g/mol. The Morgan fingerprint density at radius 2 is 2.00 bits per heavy atom. The minimum Gasteiger partial charge on any atom is -0.378 e. The van der Waals surface area contributed by atoms with Gasteiger partial charge in [-0.15, -0.1) is 0 Å². The highest BCUT2D eigenvalue weighted by molar-refractivity contribution is 4.94. The molecule has 3 heteroatoms. The molecule has 0 radical (unpaired) electrons. The van der Waals surface area contributed by atoms with Gasteiger partial charge in [0, 0.05) is 5.92 Å². The van der Waals surface area contributed by atoms with Crippen molar-refractivity contribution in [2.24, 2.45) is 11.8 Å². The summed E-state index contributed by atoms with van der Waals surface area (Å²) in [5, 5.41) is 10.4. The van der Waals surface area contributed by atoms with E-state index in [9.17, 15) is 5.11 Å². The van der Waals surface area contributed by atoms with Crippen molar-refractivity contribution < 1.29 is 9.84 Å². The third-order valence-electron chi connectivity index (χ3n) is 4.88. The first-order chi connectivity index (χ1) is 9.17. The number of fused-ring (bicyclic) bond motifs is 1. The zero-order valence-corrected chi connectivity index (χ0v) is 12.8. The van der Waals surface area contributed by atoms with E-state index in [-0.39, 0.29) is 12.5 Å². The van der Waals surface area contributed by atoms with Gasteiger partial charge in [0.2, 0.25) is 0 Å². The summed E-state index contributed by atoms with van der Waals surface area (Å²) in [4.78, 5) is 2.02. The molecule has 0 amide bonds. The Morgan fingerprint density at radius 1 is 1.21 bits per heavy atom. The molecule has 0 saturated carbocycles. The molecule has 0 spiro atoms. The molecule has 5 unspecified atom stereocenters. The highest BCUT2D eigenvalue weighted by Gasteiger charge is 2.51. The van der Waals surface area contributed by atoms with E-state index in [0.717, 1.165) is 12.3 Å². The van der Waals surface area contributed by atoms with Gasteiger partial charge in [0.25, 0.3) is 0 Å². The molecule has 2 rings (SSSR count). The standard InChI is InChI=1S/C16H31NO2/c1-4-6-7-9-12(8-5-2)10-13-11-14-16(19-14)17(3)15(13)18/h12-16,18H,4-11H2,1-3H3. The van der Waals surface area contributed by atoms with E-state index in [1.807, 2.05) is 11.9 Å². The molecule has 112 valence electrons. The summed E-state index contributed by atoms with van der Waals surface area (Å²) in [7, 11) is 1.99. The van der Waals surface area contributed by atoms with Gasteiger partial charge < -0.3 is 9.84 Å². The molecule has 2 fully saturated rings. The van der Waals surface area contributed by atoms with Crippen molar-refractivity contribution in [3.63, 3.8) is 0 Å². The molecule has 0 aliphatic carbocycles. The first-order valence-corrected chi connectivity index (χ1v) is 8.22. The van der Waals surface area contributed by atoms with E-state index in [4.69, 9.17) is 4.74 Å². The van der Waals surface area contributed by atoms with Crippen molar-refractivity contribution in [3.8, 4) is 0 Å². The van der Waals surface area contributed by atoms with Crippen LogP contribution in [0.3, 0.4) is 0 Å². The van der Waals surface area contributed by atoms with Crippen LogP contribution < -0.4 is 0 Å². The molecule has 2 saturated heterocycles. The van der Waals surface area contributed by atoms with Crippen LogP contribution in [0.15, 0.2) is 0 Å². The van der Waals surface area contributed by atoms with Crippen LogP contribution in [0, 0.1) is 11.8 Å². The van der Waals surface area contributed by atoms with Crippen LogP contribution in [0.25, 0.3) is 0 Å². The van der Waals surface area contributed by atoms with Gasteiger partial charge >= 0.3 is 0 Å². The highest BCUT2D eigenvalue weighted by atomic mass is 16.6. The summed E-state index contributed by atoms with van der Waals surface area (Å²) in [5.74, 6) is 1.20. The molecule has 2 heterocycles. The first kappa shape index (κ1) is 15.3. The Bertz CT molecular complexity index is 271. The fourth-order valence-electron chi connectivity index (χ4n) is 3.68. The SMILES string of the molecule is CCCCCC(CCC)CC1CC2OC2N(C)C1O. The number of nitrogens with zero attached hydrogens (tertiary/aromatic N) is 1. The zero-order chi connectivity index (χ0) is 13.8. The van der Waals surface area contributed by atoms with E-state index < -0.39 is 0 Å². The molecule has 0 bridgehead atoms. The smallest absolute Gasteiger partial charge is 0.139 e. The number of epoxide rings is 1. The Morgan fingerprint density at radius 3 is 2.68 bits per heavy atom. The molecule has 2 aliphatic rings. The number of ether oxygens (including phenoxy) is 1. The van der Waals surface area contributed by atoms with Gasteiger partial charge in [0.1, 0.15) is 12.5 Å². The zero-order valence-electron chi connectivity index (χ0n) is 12.8. The van der Waals surface area contributed by atoms with Gasteiger partial charge in [-0.25, -0.2) is 0 Å². The van der Waals surface area contributed by atoms with Crippen molar-refractivity contribution in [2.75, 3.05) is 7.05 Å². The summed E-state index contributed by atoms with van der Waals surface area (Å²) < 4.78 is 5.60. The van der Waals surface area contributed by atoms with Crippen LogP contribution in [0.1, 0.15) is 65.2 Å². The lowest BCUT2D eigenvalue weighted by Gasteiger charge is -2.35. The Labute approximate surface area is 118 Å². The van der Waals surface area contributed by atoms with Crippen LogP contribution in [0.5, 0.6) is 0 Å². The number of rotatable bonds is 8. The molecule has 0 aromatic carbocycles. The molecular formula is C16H31NO2. The average Bonchev–Trinajstić information content (AvgIpc) is 3.15. The van der Waals surface area contributed by atoms with Crippen LogP contribution in [-0.4, -0.2) is 35.6 Å². The van der Waals surface area contributed by atoms with Gasteiger partial charge in [-0.05, 0) is 25.8 Å². The second-order valence-corrected chi connectivity index (χ2v) is 6.53. The fourth-order valence-corrected chi connectivity index (χ4v) is 3.68. The Balaban J connectivity index is 1.81. The highest BCUT2D eigenvalue weighted by Crippen LogP contribution is 2.42. The molecule has 5 atom stereocenters. The van der Waals surface area contributed by atoms with Crippen LogP contribution in [0.4, 0.5) is 0 Å². The summed E-state index contributed by atoms with van der Waals surface area (Å²) in [5.41, 5.74) is 0. The number of hydrogen-bond acceptors (Lipinski definition) is 3. The predicted octanol–water partition coefficient (Wildman–Crippen LogP) is 3.37. The maximum absolute atomic E-state index is 10.4. The van der Waals surface area contributed by atoms with Crippen LogP contribution in [-0.2, 0) is 4.74 Å². The second kappa shape index (κ2) is 7.05. The van der Waals surface area contributed by atoms with Gasteiger partial charge in [-0.1, -0.05) is 52.4 Å². The number of aliphatic hydroxyl groups is 1. The molecule has 0 aromatic heterocycles. The summed E-state index contributed by atoms with van der Waals surface area (Å²) >= 11 is 0. The van der Waals surface area contributed by atoms with Crippen LogP contribution >= 0.6 is 0 Å². The number of piperidine rings is 1. The summed E-state index contributed by atoms with van der Waals surface area (Å²) in [6.45, 7) is 4.54. The van der Waals surface area contributed by atoms with E-state index in [1.165, 1.54) is 44.9 Å². The fraction of sp³-hybridized carbons (Fsp3) is 1.00. The number of unbranched alkanes of at least 4 members (excludes halogenated alkanes) is 2. The molecule has 1 N–H and O–H groups in total. The minimum atomic E-state index is -0.297. The molecule has 3 nitrogen and oxygen atoms in total. The largest absolute Gasteiger partial charge is 0.378 e. The van der Waals surface area contributed by atoms with Gasteiger partial charge in [-0.2, -0.15) is 0 Å². The molecule has 19 heavy (non-hydrogen) atoms. The Kier molecular flexibility index (Phi) is 5.67. The van der Waals surface area contributed by atoms with E-state index in [2.05, 4.69) is 13.8 Å². The molecular weight excluding hydrogens is 238 g/mol. The maximum Gasteiger partial charge on any atom is 0.139 e. The van der Waals surface area contributed by atoms with Crippen molar-refractivity contribution in [1.82, 2.24) is 4.90 Å². The van der Waals surface area contributed by atoms with Crippen molar-refractivity contribution >= 4 is 0 Å². The van der Waals surface area contributed by atoms with Gasteiger partial charge in [0.05, 0.1) is 6.10 Å². The monoisotopic (exact) mass is 269 g/mol. The normalized spacial score (nSPS) is 36.0. The number of likely N-dealkylation sites (N-methyl/N-ethyl adjacent to an activating group) is 1. The minimum absolute atomic E-state index is 0.205. The third-order valence-corrected chi connectivity index (χ3v) is 4.88. The van der Waals surface area contributed by atoms with E-state index in [0.29, 0.717) is 12.0 Å². The van der Waals surface area contributed by atoms with Gasteiger partial charge in [0.15, 0.2) is 0 Å². The first-order valence-electron chi connectivity index (χ1n) is 8.22. The topological polar surface area (TPSA) is 36.0 Å². The lowest BCUT2D eigenvalue weighted by Crippen LogP contribution is -2.45. The van der Waals surface area contributed by atoms with Crippen molar-refractivity contribution in [2.45, 2.75) is 83.8 Å². The molecule has 0 aromatic rings. The number of aliphatic hydroxyl groups excluding tert-OH is 1. The number of likely N-dealkylation sites (tertiary alicyclic amines) is 1. The van der Waals surface area contributed by atoms with Gasteiger partial charge in [-0.3, -0.25) is 4.90 Å². The summed E-state index contributed by atoms with van der Waals surface area (Å²) in [6.07, 6.45) is 10.4. The Hall–Kier alpha value is -0.120. The quantitative estimate of drug-likeness (QED) is 0.542. The predicted molar refractivity (Wildman–Crippen MR) is 77.7 cm³/mol. The molecule has 2 aliphatic heterocycles. The lowest BCUT2D eigenvalue weighted by molar-refractivity contribution is -0.0633. The second-order valence-electron chi connectivity index (χ2n) is 6.53. The maximum atomic E-state index is 10.4. The van der Waals surface area contributed by atoms with Crippen LogP contribution in [0.2, 0.25) is 0 Å². The van der Waals surface area contributed by atoms with E-state index in [1.54, 1.807) is 0 Å². The lowest BCUT2D eigenvalue weighted by atomic mass is 9.82. The van der Waals surface area contributed by atoms with E-state index >= 15 is 0 Å². The van der Waals surface area contributed by atoms with Crippen molar-refractivity contribution in [1.29, 1.82) is 0 Å². The third kappa shape index (κ3) is 3.93. The number of hydrogen-bond donors (Lipinski definition) is 1. The summed E-state index contributed by atoms with van der Waals surface area (Å²) in [6, 6.07) is 0.